The van der Waals surface area contributed by atoms with E-state index in [-0.39, 0.29) is 5.91 Å². The van der Waals surface area contributed by atoms with Crippen LogP contribution >= 0.6 is 0 Å². The third kappa shape index (κ3) is 6.75. The summed E-state index contributed by atoms with van der Waals surface area (Å²) in [5, 5.41) is 3.37. The van der Waals surface area contributed by atoms with Crippen LogP contribution in [0, 0.1) is 0 Å². The first kappa shape index (κ1) is 21.1. The Morgan fingerprint density at radius 1 is 1.00 bits per heavy atom. The number of nitrogens with one attached hydrogen (secondary N) is 1. The van der Waals surface area contributed by atoms with E-state index in [1.54, 1.807) is 0 Å². The van der Waals surface area contributed by atoms with Gasteiger partial charge < -0.3 is 10.2 Å². The highest BCUT2D eigenvalue weighted by atomic mass is 16.2. The summed E-state index contributed by atoms with van der Waals surface area (Å²) in [6.07, 6.45) is 4.91. The molecular formula is C25H33N3O. The summed E-state index contributed by atoms with van der Waals surface area (Å²) in [5.41, 5.74) is 3.65. The number of carbonyl (C=O) groups excluding carboxylic acids is 1. The predicted molar refractivity (Wildman–Crippen MR) is 122 cm³/mol. The van der Waals surface area contributed by atoms with E-state index in [1.165, 1.54) is 11.1 Å². The number of hydrogen-bond acceptors (Lipinski definition) is 3. The van der Waals surface area contributed by atoms with Crippen molar-refractivity contribution in [3.63, 3.8) is 0 Å². The number of carbonyl (C=O) groups is 1. The van der Waals surface area contributed by atoms with Crippen LogP contribution in [0.1, 0.15) is 37.3 Å². The molecule has 2 aromatic carbocycles. The molecule has 1 aliphatic heterocycles. The minimum Gasteiger partial charge on any atom is -0.385 e. The Balaban J connectivity index is 1.34. The van der Waals surface area contributed by atoms with E-state index >= 15 is 0 Å². The second-order valence-corrected chi connectivity index (χ2v) is 7.95. The normalized spacial score (nSPS) is 15.2. The highest BCUT2D eigenvalue weighted by molar-refractivity contribution is 5.76. The zero-order valence-corrected chi connectivity index (χ0v) is 17.7. The molecule has 1 fully saturated rings. The van der Waals surface area contributed by atoms with E-state index < -0.39 is 0 Å². The lowest BCUT2D eigenvalue weighted by molar-refractivity contribution is -0.132. The molecule has 29 heavy (non-hydrogen) atoms. The molecule has 1 heterocycles. The third-order valence-electron chi connectivity index (χ3n) is 5.44. The summed E-state index contributed by atoms with van der Waals surface area (Å²) >= 11 is 0. The Hall–Kier alpha value is -2.59. The molecule has 1 N–H and O–H groups in total. The molecule has 0 atom stereocenters. The van der Waals surface area contributed by atoms with E-state index in [4.69, 9.17) is 0 Å². The monoisotopic (exact) mass is 391 g/mol. The number of benzene rings is 2. The van der Waals surface area contributed by atoms with Crippen LogP contribution in [0.15, 0.2) is 60.7 Å². The predicted octanol–water partition coefficient (Wildman–Crippen LogP) is 4.47. The van der Waals surface area contributed by atoms with Crippen molar-refractivity contribution < 1.29 is 4.79 Å². The third-order valence-corrected chi connectivity index (χ3v) is 5.44. The molecule has 1 amide bonds. The maximum absolute atomic E-state index is 12.5. The fourth-order valence-corrected chi connectivity index (χ4v) is 3.54. The largest absolute Gasteiger partial charge is 0.385 e. The van der Waals surface area contributed by atoms with Crippen molar-refractivity contribution in [2.24, 2.45) is 0 Å². The highest BCUT2D eigenvalue weighted by Gasteiger charge is 2.19. The molecular weight excluding hydrogens is 358 g/mol. The first-order valence-corrected chi connectivity index (χ1v) is 10.7. The van der Waals surface area contributed by atoms with Gasteiger partial charge >= 0.3 is 0 Å². The van der Waals surface area contributed by atoms with E-state index in [1.807, 2.05) is 11.0 Å². The zero-order chi connectivity index (χ0) is 20.5. The summed E-state index contributed by atoms with van der Waals surface area (Å²) < 4.78 is 0. The fraction of sp³-hybridized carbons (Fsp3) is 0.400. The van der Waals surface area contributed by atoms with Gasteiger partial charge in [-0.05, 0) is 29.2 Å². The Labute approximate surface area is 175 Å². The van der Waals surface area contributed by atoms with Crippen molar-refractivity contribution >= 4 is 17.7 Å². The molecule has 0 aromatic heterocycles. The van der Waals surface area contributed by atoms with Crippen molar-refractivity contribution in [2.75, 3.05) is 44.6 Å². The molecule has 154 valence electrons. The van der Waals surface area contributed by atoms with Crippen LogP contribution in [0.4, 0.5) is 5.69 Å². The van der Waals surface area contributed by atoms with Crippen LogP contribution in [0.25, 0.3) is 6.08 Å². The van der Waals surface area contributed by atoms with Crippen molar-refractivity contribution in [3.05, 3.63) is 71.8 Å². The molecule has 4 heteroatoms. The van der Waals surface area contributed by atoms with Gasteiger partial charge in [-0.3, -0.25) is 9.69 Å². The van der Waals surface area contributed by atoms with Crippen LogP contribution in [0.2, 0.25) is 0 Å². The smallest absolute Gasteiger partial charge is 0.224 e. The molecule has 1 saturated heterocycles. The van der Waals surface area contributed by atoms with Crippen LogP contribution in [0.3, 0.4) is 0 Å². The highest BCUT2D eigenvalue weighted by Crippen LogP contribution is 2.17. The number of piperazine rings is 1. The molecule has 0 spiro atoms. The first-order chi connectivity index (χ1) is 14.1. The van der Waals surface area contributed by atoms with Gasteiger partial charge in [0.15, 0.2) is 0 Å². The van der Waals surface area contributed by atoms with Gasteiger partial charge in [-0.15, -0.1) is 0 Å². The van der Waals surface area contributed by atoms with Gasteiger partial charge in [-0.1, -0.05) is 68.5 Å². The summed E-state index contributed by atoms with van der Waals surface area (Å²) in [6.45, 7) is 9.53. The lowest BCUT2D eigenvalue weighted by Gasteiger charge is -2.34. The summed E-state index contributed by atoms with van der Waals surface area (Å²) in [7, 11) is 0. The average Bonchev–Trinajstić information content (AvgIpc) is 2.75. The molecule has 0 bridgehead atoms. The van der Waals surface area contributed by atoms with Gasteiger partial charge in [-0.2, -0.15) is 0 Å². The molecule has 4 nitrogen and oxygen atoms in total. The Morgan fingerprint density at radius 2 is 1.69 bits per heavy atom. The number of rotatable bonds is 8. The maximum Gasteiger partial charge on any atom is 0.224 e. The Kier molecular flexibility index (Phi) is 7.88. The van der Waals surface area contributed by atoms with Crippen molar-refractivity contribution in [2.45, 2.75) is 26.2 Å². The summed E-state index contributed by atoms with van der Waals surface area (Å²) in [4.78, 5) is 16.9. The van der Waals surface area contributed by atoms with Crippen molar-refractivity contribution in [1.82, 2.24) is 9.80 Å². The number of anilines is 1. The van der Waals surface area contributed by atoms with Crippen LogP contribution in [-0.4, -0.2) is 55.0 Å². The molecule has 0 saturated carbocycles. The Morgan fingerprint density at radius 3 is 2.34 bits per heavy atom. The van der Waals surface area contributed by atoms with Crippen molar-refractivity contribution in [3.8, 4) is 0 Å². The lowest BCUT2D eigenvalue weighted by Crippen LogP contribution is -2.48. The van der Waals surface area contributed by atoms with Gasteiger partial charge in [-0.25, -0.2) is 0 Å². The zero-order valence-electron chi connectivity index (χ0n) is 17.7. The molecule has 1 aliphatic rings. The number of amides is 1. The van der Waals surface area contributed by atoms with Crippen LogP contribution < -0.4 is 5.32 Å². The minimum absolute atomic E-state index is 0.246. The topological polar surface area (TPSA) is 35.6 Å². The SMILES string of the molecule is CC(C)c1ccc(NCCC(=O)N2CCN(C/C=C/c3ccccc3)CC2)cc1. The maximum atomic E-state index is 12.5. The molecule has 0 aliphatic carbocycles. The van der Waals surface area contributed by atoms with E-state index in [0.717, 1.165) is 38.4 Å². The standard InChI is InChI=1S/C25H33N3O/c1-21(2)23-10-12-24(13-11-23)26-15-14-25(29)28-19-17-27(18-20-28)16-6-9-22-7-4-3-5-8-22/h3-13,21,26H,14-20H2,1-2H3/b9-6+. The van der Waals surface area contributed by atoms with Gasteiger partial charge in [0.2, 0.25) is 5.91 Å². The van der Waals surface area contributed by atoms with Gasteiger partial charge in [0.1, 0.15) is 0 Å². The van der Waals surface area contributed by atoms with E-state index in [0.29, 0.717) is 18.9 Å². The van der Waals surface area contributed by atoms with E-state index in [9.17, 15) is 4.79 Å². The minimum atomic E-state index is 0.246. The fourth-order valence-electron chi connectivity index (χ4n) is 3.54. The van der Waals surface area contributed by atoms with Gasteiger partial charge in [0.05, 0.1) is 0 Å². The van der Waals surface area contributed by atoms with Crippen LogP contribution in [-0.2, 0) is 4.79 Å². The van der Waals surface area contributed by atoms with Crippen molar-refractivity contribution in [1.29, 1.82) is 0 Å². The first-order valence-electron chi connectivity index (χ1n) is 10.7. The van der Waals surface area contributed by atoms with Gasteiger partial charge in [0, 0.05) is 51.4 Å². The quantitative estimate of drug-likeness (QED) is 0.721. The average molecular weight is 392 g/mol. The molecule has 0 radical (unpaired) electrons. The van der Waals surface area contributed by atoms with Crippen LogP contribution in [0.5, 0.6) is 0 Å². The summed E-state index contributed by atoms with van der Waals surface area (Å²) in [6, 6.07) is 18.9. The number of nitrogens with zero attached hydrogens (tertiary/aromatic N) is 2. The van der Waals surface area contributed by atoms with E-state index in [2.05, 4.69) is 84.7 Å². The molecule has 0 unspecified atom stereocenters. The second kappa shape index (κ2) is 10.8. The molecule has 3 rings (SSSR count). The Bertz CT molecular complexity index is 775. The summed E-state index contributed by atoms with van der Waals surface area (Å²) in [5.74, 6) is 0.786. The van der Waals surface area contributed by atoms with Gasteiger partial charge in [0.25, 0.3) is 0 Å². The molecule has 2 aromatic rings. The second-order valence-electron chi connectivity index (χ2n) is 7.95. The lowest BCUT2D eigenvalue weighted by atomic mass is 10.0. The number of hydrogen-bond donors (Lipinski definition) is 1.